The van der Waals surface area contributed by atoms with Crippen LogP contribution in [-0.4, -0.2) is 38.2 Å². The molecular weight excluding hydrogens is 366 g/mol. The molecule has 0 aliphatic carbocycles. The van der Waals surface area contributed by atoms with E-state index >= 15 is 0 Å². The Morgan fingerprint density at radius 3 is 2.74 bits per heavy atom. The minimum Gasteiger partial charge on any atom is -0.333 e. The molecule has 1 fully saturated rings. The van der Waals surface area contributed by atoms with E-state index in [9.17, 15) is 9.59 Å². The lowest BCUT2D eigenvalue weighted by molar-refractivity contribution is 0.193. The number of carbonyl (C=O) groups is 1. The Labute approximate surface area is 161 Å². The number of hydrogen-bond donors (Lipinski definition) is 1. The SMILES string of the molecule is Cn1c(C2CCN(C(=O)Nc3cccc(Cl)c3)CC2)cc(=O)n2nccc12. The number of carbonyl (C=O) groups excluding carboxylic acids is 1. The predicted molar refractivity (Wildman–Crippen MR) is 104 cm³/mol. The Morgan fingerprint density at radius 2 is 2.00 bits per heavy atom. The molecule has 140 valence electrons. The summed E-state index contributed by atoms with van der Waals surface area (Å²) in [5, 5.41) is 7.53. The van der Waals surface area contributed by atoms with Crippen LogP contribution in [0.4, 0.5) is 10.5 Å². The van der Waals surface area contributed by atoms with Crippen molar-refractivity contribution in [3.63, 3.8) is 0 Å². The summed E-state index contributed by atoms with van der Waals surface area (Å²) >= 11 is 5.96. The number of anilines is 1. The van der Waals surface area contributed by atoms with E-state index in [2.05, 4.69) is 10.4 Å². The maximum Gasteiger partial charge on any atom is 0.321 e. The van der Waals surface area contributed by atoms with Crippen molar-refractivity contribution in [2.75, 3.05) is 18.4 Å². The Bertz CT molecular complexity index is 1050. The highest BCUT2D eigenvalue weighted by molar-refractivity contribution is 6.30. The first kappa shape index (κ1) is 17.6. The van der Waals surface area contributed by atoms with Gasteiger partial charge in [-0.1, -0.05) is 17.7 Å². The van der Waals surface area contributed by atoms with Gasteiger partial charge >= 0.3 is 6.03 Å². The number of nitrogens with one attached hydrogen (secondary N) is 1. The van der Waals surface area contributed by atoms with Crippen LogP contribution >= 0.6 is 11.6 Å². The monoisotopic (exact) mass is 385 g/mol. The van der Waals surface area contributed by atoms with Gasteiger partial charge in [-0.05, 0) is 31.0 Å². The molecule has 1 aliphatic heterocycles. The highest BCUT2D eigenvalue weighted by Gasteiger charge is 2.26. The molecule has 8 heteroatoms. The number of urea groups is 1. The van der Waals surface area contributed by atoms with Crippen molar-refractivity contribution in [3.8, 4) is 0 Å². The summed E-state index contributed by atoms with van der Waals surface area (Å²) in [7, 11) is 1.95. The van der Waals surface area contributed by atoms with Gasteiger partial charge in [0.05, 0.1) is 6.20 Å². The molecule has 0 atom stereocenters. The molecule has 2 aromatic heterocycles. The number of fused-ring (bicyclic) bond motifs is 1. The first-order chi connectivity index (χ1) is 13.0. The lowest BCUT2D eigenvalue weighted by Crippen LogP contribution is -2.41. The quantitative estimate of drug-likeness (QED) is 0.736. The van der Waals surface area contributed by atoms with Crippen LogP contribution in [0, 0.1) is 0 Å². The van der Waals surface area contributed by atoms with Gasteiger partial charge in [0.15, 0.2) is 0 Å². The average Bonchev–Trinajstić information content (AvgIpc) is 3.16. The van der Waals surface area contributed by atoms with Gasteiger partial charge in [0.25, 0.3) is 5.56 Å². The van der Waals surface area contributed by atoms with E-state index in [1.165, 1.54) is 4.52 Å². The minimum absolute atomic E-state index is 0.121. The predicted octanol–water partition coefficient (Wildman–Crippen LogP) is 3.10. The maximum atomic E-state index is 12.5. The highest BCUT2D eigenvalue weighted by atomic mass is 35.5. The van der Waals surface area contributed by atoms with Crippen LogP contribution in [0.15, 0.2) is 47.4 Å². The summed E-state index contributed by atoms with van der Waals surface area (Å²) in [6, 6.07) is 10.5. The first-order valence-corrected chi connectivity index (χ1v) is 9.26. The van der Waals surface area contributed by atoms with E-state index in [4.69, 9.17) is 11.6 Å². The molecule has 2 amide bonds. The van der Waals surface area contributed by atoms with Crippen molar-refractivity contribution in [1.82, 2.24) is 19.1 Å². The van der Waals surface area contributed by atoms with Gasteiger partial charge in [0.1, 0.15) is 5.65 Å². The molecule has 3 heterocycles. The summed E-state index contributed by atoms with van der Waals surface area (Å²) in [5.74, 6) is 0.234. The number of rotatable bonds is 2. The molecule has 1 aliphatic rings. The fourth-order valence-electron chi connectivity index (χ4n) is 3.68. The van der Waals surface area contributed by atoms with Gasteiger partial charge in [-0.2, -0.15) is 9.61 Å². The number of hydrogen-bond acceptors (Lipinski definition) is 3. The Kier molecular flexibility index (Phi) is 4.61. The number of likely N-dealkylation sites (tertiary alicyclic amines) is 1. The van der Waals surface area contributed by atoms with E-state index < -0.39 is 0 Å². The molecule has 0 unspecified atom stereocenters. The van der Waals surface area contributed by atoms with Crippen LogP contribution < -0.4 is 10.9 Å². The summed E-state index contributed by atoms with van der Waals surface area (Å²) in [4.78, 5) is 26.5. The van der Waals surface area contributed by atoms with Gasteiger partial charge in [-0.3, -0.25) is 4.79 Å². The van der Waals surface area contributed by atoms with Crippen LogP contribution in [0.1, 0.15) is 24.5 Å². The van der Waals surface area contributed by atoms with E-state index in [-0.39, 0.29) is 17.5 Å². The third-order valence-corrected chi connectivity index (χ3v) is 5.35. The third-order valence-electron chi connectivity index (χ3n) is 5.11. The number of halogens is 1. The lowest BCUT2D eigenvalue weighted by Gasteiger charge is -2.33. The van der Waals surface area contributed by atoms with Crippen molar-refractivity contribution in [2.24, 2.45) is 7.05 Å². The molecule has 4 rings (SSSR count). The molecule has 1 N–H and O–H groups in total. The van der Waals surface area contributed by atoms with E-state index in [0.29, 0.717) is 23.8 Å². The van der Waals surface area contributed by atoms with Crippen molar-refractivity contribution < 1.29 is 4.79 Å². The standard InChI is InChI=1S/C19H20ClN5O2/c1-23-16(12-18(26)25-17(23)5-8-21-25)13-6-9-24(10-7-13)19(27)22-15-4-2-3-14(20)11-15/h2-5,8,11-13H,6-7,9-10H2,1H3,(H,22,27). The fraction of sp³-hybridized carbons (Fsp3) is 0.316. The maximum absolute atomic E-state index is 12.5. The molecule has 0 radical (unpaired) electrons. The number of piperidine rings is 1. The second kappa shape index (κ2) is 7.08. The van der Waals surface area contributed by atoms with Crippen molar-refractivity contribution in [1.29, 1.82) is 0 Å². The molecule has 1 aromatic carbocycles. The molecule has 1 saturated heterocycles. The smallest absolute Gasteiger partial charge is 0.321 e. The third kappa shape index (κ3) is 3.42. The topological polar surface area (TPSA) is 71.6 Å². The van der Waals surface area contributed by atoms with Crippen LogP contribution in [0.5, 0.6) is 0 Å². The van der Waals surface area contributed by atoms with Crippen LogP contribution in [0.2, 0.25) is 5.02 Å². The second-order valence-electron chi connectivity index (χ2n) is 6.77. The van der Waals surface area contributed by atoms with E-state index in [1.807, 2.05) is 23.7 Å². The zero-order chi connectivity index (χ0) is 19.0. The highest BCUT2D eigenvalue weighted by Crippen LogP contribution is 2.28. The average molecular weight is 386 g/mol. The number of aryl methyl sites for hydroxylation is 1. The summed E-state index contributed by atoms with van der Waals surface area (Å²) in [6.45, 7) is 1.27. The molecule has 0 bridgehead atoms. The summed E-state index contributed by atoms with van der Waals surface area (Å²) in [5.41, 5.74) is 2.33. The van der Waals surface area contributed by atoms with Gasteiger partial charge in [-0.25, -0.2) is 4.79 Å². The largest absolute Gasteiger partial charge is 0.333 e. The van der Waals surface area contributed by atoms with Gasteiger partial charge in [0, 0.05) is 54.6 Å². The summed E-state index contributed by atoms with van der Waals surface area (Å²) in [6.07, 6.45) is 3.24. The van der Waals surface area contributed by atoms with E-state index in [0.717, 1.165) is 24.2 Å². The van der Waals surface area contributed by atoms with Gasteiger partial charge in [-0.15, -0.1) is 0 Å². The van der Waals surface area contributed by atoms with Crippen LogP contribution in [0.3, 0.4) is 0 Å². The van der Waals surface area contributed by atoms with Crippen molar-refractivity contribution >= 4 is 29.0 Å². The van der Waals surface area contributed by atoms with Crippen molar-refractivity contribution in [3.05, 3.63) is 63.7 Å². The molecular formula is C19H20ClN5O2. The second-order valence-corrected chi connectivity index (χ2v) is 7.21. The molecule has 7 nitrogen and oxygen atoms in total. The number of nitrogens with zero attached hydrogens (tertiary/aromatic N) is 4. The minimum atomic E-state index is -0.129. The number of aromatic nitrogens is 3. The molecule has 3 aromatic rings. The Balaban J connectivity index is 1.45. The van der Waals surface area contributed by atoms with Gasteiger partial charge < -0.3 is 14.8 Å². The first-order valence-electron chi connectivity index (χ1n) is 8.88. The molecule has 0 saturated carbocycles. The van der Waals surface area contributed by atoms with E-state index in [1.54, 1.807) is 35.4 Å². The van der Waals surface area contributed by atoms with Crippen LogP contribution in [-0.2, 0) is 7.05 Å². The lowest BCUT2D eigenvalue weighted by atomic mass is 9.93. The normalized spacial score (nSPS) is 15.3. The number of amides is 2. The summed E-state index contributed by atoms with van der Waals surface area (Å²) < 4.78 is 3.41. The van der Waals surface area contributed by atoms with Gasteiger partial charge in [0.2, 0.25) is 0 Å². The Hall–Kier alpha value is -2.80. The molecule has 27 heavy (non-hydrogen) atoms. The van der Waals surface area contributed by atoms with Crippen LogP contribution in [0.25, 0.3) is 5.65 Å². The number of benzene rings is 1. The molecule has 0 spiro atoms. The van der Waals surface area contributed by atoms with Crippen molar-refractivity contribution in [2.45, 2.75) is 18.8 Å². The zero-order valence-electron chi connectivity index (χ0n) is 14.9. The zero-order valence-corrected chi connectivity index (χ0v) is 15.7. The fourth-order valence-corrected chi connectivity index (χ4v) is 3.87. The Morgan fingerprint density at radius 1 is 1.22 bits per heavy atom.